The van der Waals surface area contributed by atoms with Crippen LogP contribution in [0.25, 0.3) is 31.9 Å². The normalized spacial score (nSPS) is 11.7. The van der Waals surface area contributed by atoms with Crippen LogP contribution in [0.5, 0.6) is 0 Å². The SMILES string of the molecule is [N-]=[N+]=NCC(N)=C(C=NCc1ccc(C=N)cc1)N(N)C(=O)c1cc(-c2cccs2)nc2ccccc12. The van der Waals surface area contributed by atoms with Gasteiger partial charge in [0.25, 0.3) is 5.91 Å². The van der Waals surface area contributed by atoms with Gasteiger partial charge in [-0.1, -0.05) is 53.6 Å². The molecule has 0 unspecified atom stereocenters. The lowest BCUT2D eigenvalue weighted by Crippen LogP contribution is -2.39. The molecular weight excluding hydrogens is 486 g/mol. The van der Waals surface area contributed by atoms with Crippen molar-refractivity contribution in [1.29, 1.82) is 5.41 Å². The first-order valence-corrected chi connectivity index (χ1v) is 12.0. The maximum Gasteiger partial charge on any atom is 0.273 e. The molecule has 37 heavy (non-hydrogen) atoms. The zero-order chi connectivity index (χ0) is 26.2. The summed E-state index contributed by atoms with van der Waals surface area (Å²) in [5, 5.41) is 14.3. The topological polar surface area (TPSA) is 170 Å². The van der Waals surface area contributed by atoms with E-state index in [1.54, 1.807) is 12.1 Å². The highest BCUT2D eigenvalue weighted by atomic mass is 32.1. The third-order valence-corrected chi connectivity index (χ3v) is 6.36. The van der Waals surface area contributed by atoms with Crippen LogP contribution in [-0.2, 0) is 6.54 Å². The van der Waals surface area contributed by atoms with E-state index in [0.717, 1.165) is 21.0 Å². The fourth-order valence-electron chi connectivity index (χ4n) is 3.59. The van der Waals surface area contributed by atoms with E-state index in [2.05, 4.69) is 15.0 Å². The number of allylic oxidation sites excluding steroid dienone is 1. The predicted molar refractivity (Wildman–Crippen MR) is 147 cm³/mol. The Balaban J connectivity index is 1.70. The highest BCUT2D eigenvalue weighted by Gasteiger charge is 2.22. The Morgan fingerprint density at radius 3 is 2.65 bits per heavy atom. The molecule has 0 aliphatic heterocycles. The number of aliphatic imine (C=N–C) groups is 1. The molecule has 1 amide bonds. The molecule has 0 bridgehead atoms. The van der Waals surface area contributed by atoms with Crippen LogP contribution >= 0.6 is 11.3 Å². The van der Waals surface area contributed by atoms with Gasteiger partial charge in [-0.15, -0.1) is 11.3 Å². The quantitative estimate of drug-likeness (QED) is 0.0547. The minimum atomic E-state index is -0.517. The Morgan fingerprint density at radius 1 is 1.16 bits per heavy atom. The Kier molecular flexibility index (Phi) is 8.01. The average molecular weight is 510 g/mol. The van der Waals surface area contributed by atoms with Crippen LogP contribution in [0.1, 0.15) is 21.5 Å². The number of amides is 1. The van der Waals surface area contributed by atoms with Gasteiger partial charge in [-0.3, -0.25) is 9.79 Å². The number of nitrogens with zero attached hydrogens (tertiary/aromatic N) is 6. The number of hydrogen-bond acceptors (Lipinski definition) is 8. The summed E-state index contributed by atoms with van der Waals surface area (Å²) in [6.45, 7) is 0.101. The van der Waals surface area contributed by atoms with Crippen LogP contribution in [0, 0.1) is 5.41 Å². The molecule has 0 fully saturated rings. The fraction of sp³-hybridized carbons (Fsp3) is 0.0769. The van der Waals surface area contributed by atoms with Gasteiger partial charge in [0, 0.05) is 28.4 Å². The first kappa shape index (κ1) is 25.3. The fourth-order valence-corrected chi connectivity index (χ4v) is 4.27. The first-order chi connectivity index (χ1) is 18.0. The Morgan fingerprint density at radius 2 is 1.95 bits per heavy atom. The molecule has 0 radical (unpaired) electrons. The number of nitrogens with one attached hydrogen (secondary N) is 1. The van der Waals surface area contributed by atoms with Crippen molar-refractivity contribution in [2.75, 3.05) is 6.54 Å². The summed E-state index contributed by atoms with van der Waals surface area (Å²) in [5.41, 5.74) is 18.4. The minimum absolute atomic E-state index is 0.0911. The number of aromatic nitrogens is 1. The zero-order valence-electron chi connectivity index (χ0n) is 19.7. The van der Waals surface area contributed by atoms with E-state index in [0.29, 0.717) is 28.7 Å². The second-order valence-electron chi connectivity index (χ2n) is 7.88. The van der Waals surface area contributed by atoms with Crippen molar-refractivity contribution >= 4 is 40.6 Å². The van der Waals surface area contributed by atoms with Crippen molar-refractivity contribution in [3.05, 3.63) is 111 Å². The largest absolute Gasteiger partial charge is 0.400 e. The number of azide groups is 1. The summed E-state index contributed by atoms with van der Waals surface area (Å²) in [4.78, 5) is 26.5. The van der Waals surface area contributed by atoms with Gasteiger partial charge in [-0.25, -0.2) is 15.8 Å². The monoisotopic (exact) mass is 509 g/mol. The van der Waals surface area contributed by atoms with Crippen molar-refractivity contribution in [3.8, 4) is 10.6 Å². The molecule has 2 aromatic heterocycles. The number of hydrazine groups is 1. The molecule has 10 nitrogen and oxygen atoms in total. The van der Waals surface area contributed by atoms with Gasteiger partial charge < -0.3 is 11.1 Å². The van der Waals surface area contributed by atoms with Crippen molar-refractivity contribution < 1.29 is 4.79 Å². The Labute approximate surface area is 216 Å². The highest BCUT2D eigenvalue weighted by Crippen LogP contribution is 2.28. The van der Waals surface area contributed by atoms with E-state index >= 15 is 0 Å². The second-order valence-corrected chi connectivity index (χ2v) is 8.83. The minimum Gasteiger partial charge on any atom is -0.400 e. The molecule has 4 aromatic rings. The maximum absolute atomic E-state index is 13.7. The van der Waals surface area contributed by atoms with Crippen LogP contribution < -0.4 is 11.6 Å². The number of hydrogen-bond donors (Lipinski definition) is 3. The van der Waals surface area contributed by atoms with Crippen molar-refractivity contribution in [3.63, 3.8) is 0 Å². The summed E-state index contributed by atoms with van der Waals surface area (Å²) in [7, 11) is 0. The van der Waals surface area contributed by atoms with Gasteiger partial charge in [-0.2, -0.15) is 0 Å². The van der Waals surface area contributed by atoms with Crippen LogP contribution in [0.2, 0.25) is 0 Å². The lowest BCUT2D eigenvalue weighted by molar-refractivity contribution is 0.0814. The lowest BCUT2D eigenvalue weighted by atomic mass is 10.1. The summed E-state index contributed by atoms with van der Waals surface area (Å²) < 4.78 is 0. The molecule has 184 valence electrons. The molecule has 0 saturated heterocycles. The standard InChI is InChI=1S/C26H23N9OS/c27-13-17-7-9-18(10-8-17)14-31-16-24(21(28)15-32-34-29)35(30)26(36)20-12-23(25-6-3-11-37-25)33-22-5-2-1-4-19(20)22/h1-13,16,27H,14-15,28,30H2. The number of pyridine rings is 1. The number of rotatable bonds is 9. The zero-order valence-corrected chi connectivity index (χ0v) is 20.5. The van der Waals surface area contributed by atoms with E-state index in [1.807, 2.05) is 60.0 Å². The molecule has 11 heteroatoms. The second kappa shape index (κ2) is 11.7. The van der Waals surface area contributed by atoms with Crippen molar-refractivity contribution in [1.82, 2.24) is 9.99 Å². The van der Waals surface area contributed by atoms with Crippen molar-refractivity contribution in [2.45, 2.75) is 6.54 Å². The number of nitrogens with two attached hydrogens (primary N) is 2. The van der Waals surface area contributed by atoms with E-state index in [4.69, 9.17) is 27.5 Å². The van der Waals surface area contributed by atoms with Crippen LogP contribution in [0.4, 0.5) is 0 Å². The lowest BCUT2D eigenvalue weighted by Gasteiger charge is -2.20. The average Bonchev–Trinajstić information content (AvgIpc) is 3.48. The van der Waals surface area contributed by atoms with Gasteiger partial charge in [0.05, 0.1) is 40.4 Å². The van der Waals surface area contributed by atoms with E-state index in [-0.39, 0.29) is 17.9 Å². The maximum atomic E-state index is 13.7. The number of para-hydroxylation sites is 1. The number of thiophene rings is 1. The molecular formula is C26H23N9OS. The third-order valence-electron chi connectivity index (χ3n) is 5.47. The Hall–Kier alpha value is -4.83. The summed E-state index contributed by atoms with van der Waals surface area (Å²) in [6, 6.07) is 20.2. The number of carbonyl (C=O) groups is 1. The summed E-state index contributed by atoms with van der Waals surface area (Å²) >= 11 is 1.52. The van der Waals surface area contributed by atoms with Gasteiger partial charge in [0.15, 0.2) is 0 Å². The van der Waals surface area contributed by atoms with Gasteiger partial charge in [0.1, 0.15) is 0 Å². The first-order valence-electron chi connectivity index (χ1n) is 11.1. The number of fused-ring (bicyclic) bond motifs is 1. The van der Waals surface area contributed by atoms with E-state index in [1.165, 1.54) is 23.8 Å². The molecule has 0 atom stereocenters. The summed E-state index contributed by atoms with van der Waals surface area (Å²) in [6.07, 6.45) is 2.66. The molecule has 5 N–H and O–H groups in total. The Bertz CT molecular complexity index is 1540. The van der Waals surface area contributed by atoms with Gasteiger partial charge >= 0.3 is 0 Å². The third kappa shape index (κ3) is 5.88. The van der Waals surface area contributed by atoms with E-state index < -0.39 is 5.91 Å². The van der Waals surface area contributed by atoms with Crippen LogP contribution in [0.15, 0.2) is 93.6 Å². The van der Waals surface area contributed by atoms with Gasteiger partial charge in [0.2, 0.25) is 0 Å². The summed E-state index contributed by atoms with van der Waals surface area (Å²) in [5.74, 6) is 5.80. The van der Waals surface area contributed by atoms with E-state index in [9.17, 15) is 4.79 Å². The molecule has 0 aliphatic rings. The molecule has 0 saturated carbocycles. The van der Waals surface area contributed by atoms with Gasteiger partial charge in [-0.05, 0) is 40.2 Å². The molecule has 0 aliphatic carbocycles. The molecule has 2 aromatic carbocycles. The van der Waals surface area contributed by atoms with Crippen LogP contribution in [0.3, 0.4) is 0 Å². The molecule has 2 heterocycles. The molecule has 4 rings (SSSR count). The van der Waals surface area contributed by atoms with Crippen LogP contribution in [-0.4, -0.2) is 34.9 Å². The number of carbonyl (C=O) groups excluding carboxylic acids is 1. The number of benzene rings is 2. The predicted octanol–water partition coefficient (Wildman–Crippen LogP) is 5.03. The highest BCUT2D eigenvalue weighted by molar-refractivity contribution is 7.13. The smallest absolute Gasteiger partial charge is 0.273 e. The van der Waals surface area contributed by atoms with Crippen molar-refractivity contribution in [2.24, 2.45) is 21.7 Å². The molecule has 0 spiro atoms.